The van der Waals surface area contributed by atoms with Gasteiger partial charge in [0.2, 0.25) is 5.91 Å². The summed E-state index contributed by atoms with van der Waals surface area (Å²) in [6.07, 6.45) is -0.270. The van der Waals surface area contributed by atoms with Crippen LogP contribution >= 0.6 is 0 Å². The Morgan fingerprint density at radius 2 is 1.69 bits per heavy atom. The number of methoxy groups -OCH3 is 1. The molecule has 1 aliphatic heterocycles. The molecule has 0 unspecified atom stereocenters. The standard InChI is InChI=1S/C39H46N6O6/c1-25-21-45(26(2)24-46)37(47)20-29-19-31(42-39(49)41-30-13-16-32(50-4)17-14-30)15-18-35(29)51-36(25)23-44(3)22-27-9-11-28(12-10-27)38(48)43-34-8-6-5-7-33(34)40/h5-19,25-26,36,46H,20-24,40H2,1-4H3,(H,43,48)(H2,41,42,49)/t25-,26+,36+/m0/s1. The van der Waals surface area contributed by atoms with Crippen molar-refractivity contribution in [2.75, 3.05) is 55.5 Å². The molecule has 0 fully saturated rings. The quantitative estimate of drug-likeness (QED) is 0.130. The number of urea groups is 1. The SMILES string of the molecule is COc1ccc(NC(=O)Nc2ccc3c(c2)CC(=O)N([C@H](C)CO)C[C@H](C)[C@@H](CN(C)Cc2ccc(C(=O)Nc4ccccc4N)cc2)O3)cc1. The van der Waals surface area contributed by atoms with Gasteiger partial charge in [0.15, 0.2) is 0 Å². The van der Waals surface area contributed by atoms with Crippen LogP contribution in [0.25, 0.3) is 0 Å². The summed E-state index contributed by atoms with van der Waals surface area (Å²) in [6, 6.07) is 26.0. The fourth-order valence-electron chi connectivity index (χ4n) is 5.94. The first kappa shape index (κ1) is 36.7. The number of nitrogens with one attached hydrogen (secondary N) is 3. The number of para-hydroxylation sites is 2. The summed E-state index contributed by atoms with van der Waals surface area (Å²) in [7, 11) is 3.57. The van der Waals surface area contributed by atoms with Crippen molar-refractivity contribution in [3.63, 3.8) is 0 Å². The van der Waals surface area contributed by atoms with Gasteiger partial charge in [-0.1, -0.05) is 31.2 Å². The molecule has 51 heavy (non-hydrogen) atoms. The van der Waals surface area contributed by atoms with Crippen molar-refractivity contribution in [3.05, 3.63) is 108 Å². The number of carbonyl (C=O) groups excluding carboxylic acids is 3. The van der Waals surface area contributed by atoms with Crippen molar-refractivity contribution in [2.45, 2.75) is 39.0 Å². The molecule has 12 heteroatoms. The number of rotatable bonds is 11. The van der Waals surface area contributed by atoms with E-state index in [1.54, 1.807) is 78.7 Å². The largest absolute Gasteiger partial charge is 0.497 e. The van der Waals surface area contributed by atoms with Gasteiger partial charge in [0.25, 0.3) is 5.91 Å². The van der Waals surface area contributed by atoms with Gasteiger partial charge >= 0.3 is 6.03 Å². The highest BCUT2D eigenvalue weighted by molar-refractivity contribution is 6.05. The number of ether oxygens (including phenoxy) is 2. The third kappa shape index (κ3) is 9.77. The minimum atomic E-state index is -0.436. The number of carbonyl (C=O) groups is 3. The van der Waals surface area contributed by atoms with E-state index in [4.69, 9.17) is 15.2 Å². The van der Waals surface area contributed by atoms with Crippen molar-refractivity contribution in [3.8, 4) is 11.5 Å². The molecule has 12 nitrogen and oxygen atoms in total. The summed E-state index contributed by atoms with van der Waals surface area (Å²) in [4.78, 5) is 43.1. The van der Waals surface area contributed by atoms with Gasteiger partial charge < -0.3 is 41.2 Å². The Kier molecular flexibility index (Phi) is 12.1. The van der Waals surface area contributed by atoms with Crippen molar-refractivity contribution in [1.29, 1.82) is 0 Å². The van der Waals surface area contributed by atoms with Crippen molar-refractivity contribution in [1.82, 2.24) is 9.80 Å². The molecular formula is C39H46N6O6. The zero-order valence-electron chi connectivity index (χ0n) is 29.4. The zero-order chi connectivity index (χ0) is 36.5. The molecule has 1 aliphatic rings. The molecule has 3 atom stereocenters. The molecular weight excluding hydrogens is 648 g/mol. The Balaban J connectivity index is 1.28. The molecule has 0 aromatic heterocycles. The first-order valence-electron chi connectivity index (χ1n) is 16.9. The molecule has 0 saturated carbocycles. The summed E-state index contributed by atoms with van der Waals surface area (Å²) in [6.45, 7) is 5.23. The van der Waals surface area contributed by atoms with E-state index in [1.165, 1.54) is 0 Å². The van der Waals surface area contributed by atoms with Crippen LogP contribution in [0.15, 0.2) is 91.0 Å². The first-order chi connectivity index (χ1) is 24.5. The van der Waals surface area contributed by atoms with Gasteiger partial charge in [-0.05, 0) is 86.3 Å². The Morgan fingerprint density at radius 1 is 1.00 bits per heavy atom. The summed E-state index contributed by atoms with van der Waals surface area (Å²) in [5.74, 6) is 0.772. The molecule has 0 radical (unpaired) electrons. The molecule has 6 N–H and O–H groups in total. The van der Waals surface area contributed by atoms with Gasteiger partial charge in [-0.15, -0.1) is 0 Å². The lowest BCUT2D eigenvalue weighted by Gasteiger charge is -2.34. The second-order valence-corrected chi connectivity index (χ2v) is 13.0. The predicted octanol–water partition coefficient (Wildman–Crippen LogP) is 5.45. The number of hydrogen-bond acceptors (Lipinski definition) is 8. The van der Waals surface area contributed by atoms with E-state index < -0.39 is 6.03 Å². The van der Waals surface area contributed by atoms with Crippen LogP contribution in [0, 0.1) is 5.92 Å². The Bertz CT molecular complexity index is 1820. The van der Waals surface area contributed by atoms with Crippen LogP contribution in [0.3, 0.4) is 0 Å². The summed E-state index contributed by atoms with van der Waals surface area (Å²) >= 11 is 0. The van der Waals surface area contributed by atoms with Crippen LogP contribution in [-0.2, 0) is 17.8 Å². The highest BCUT2D eigenvalue weighted by Gasteiger charge is 2.31. The van der Waals surface area contributed by atoms with E-state index in [9.17, 15) is 19.5 Å². The molecule has 4 amide bonds. The summed E-state index contributed by atoms with van der Waals surface area (Å²) < 4.78 is 11.8. The Hall–Kier alpha value is -5.59. The number of hydrogen-bond donors (Lipinski definition) is 5. The van der Waals surface area contributed by atoms with E-state index in [2.05, 4.69) is 20.9 Å². The number of fused-ring (bicyclic) bond motifs is 1. The minimum absolute atomic E-state index is 0.0430. The number of nitrogen functional groups attached to an aromatic ring is 1. The number of aliphatic hydroxyl groups excluding tert-OH is 1. The summed E-state index contributed by atoms with van der Waals surface area (Å²) in [5, 5.41) is 18.5. The third-order valence-corrected chi connectivity index (χ3v) is 8.89. The molecule has 1 heterocycles. The van der Waals surface area contributed by atoms with Crippen LogP contribution in [0.2, 0.25) is 0 Å². The first-order valence-corrected chi connectivity index (χ1v) is 16.9. The van der Waals surface area contributed by atoms with Gasteiger partial charge in [-0.2, -0.15) is 0 Å². The normalized spacial score (nSPS) is 16.5. The van der Waals surface area contributed by atoms with Gasteiger partial charge in [0.05, 0.1) is 37.6 Å². The Morgan fingerprint density at radius 3 is 2.37 bits per heavy atom. The van der Waals surface area contributed by atoms with Gasteiger partial charge in [-0.25, -0.2) is 4.79 Å². The summed E-state index contributed by atoms with van der Waals surface area (Å²) in [5.41, 5.74) is 10.3. The Labute approximate surface area is 298 Å². The van der Waals surface area contributed by atoms with Crippen molar-refractivity contribution in [2.24, 2.45) is 5.92 Å². The fourth-order valence-corrected chi connectivity index (χ4v) is 5.94. The molecule has 0 spiro atoms. The number of benzene rings is 4. The third-order valence-electron chi connectivity index (χ3n) is 8.89. The number of nitrogens with two attached hydrogens (primary N) is 1. The molecule has 268 valence electrons. The molecule has 0 aliphatic carbocycles. The average Bonchev–Trinajstić information content (AvgIpc) is 3.16. The van der Waals surface area contributed by atoms with Crippen LogP contribution < -0.4 is 31.2 Å². The average molecular weight is 695 g/mol. The predicted molar refractivity (Wildman–Crippen MR) is 199 cm³/mol. The fraction of sp³-hybridized carbons (Fsp3) is 0.308. The molecule has 0 saturated heterocycles. The zero-order valence-corrected chi connectivity index (χ0v) is 29.4. The lowest BCUT2D eigenvalue weighted by Crippen LogP contribution is -2.47. The number of likely N-dealkylation sites (N-methyl/N-ethyl adjacent to an activating group) is 1. The monoisotopic (exact) mass is 694 g/mol. The van der Waals surface area contributed by atoms with E-state index >= 15 is 0 Å². The minimum Gasteiger partial charge on any atom is -0.497 e. The number of anilines is 4. The van der Waals surface area contributed by atoms with E-state index in [1.807, 2.05) is 45.2 Å². The van der Waals surface area contributed by atoms with Gasteiger partial charge in [0.1, 0.15) is 17.6 Å². The molecule has 0 bridgehead atoms. The highest BCUT2D eigenvalue weighted by atomic mass is 16.5. The number of amides is 4. The van der Waals surface area contributed by atoms with Gasteiger partial charge in [-0.3, -0.25) is 14.5 Å². The number of aliphatic hydroxyl groups is 1. The maximum absolute atomic E-state index is 13.6. The van der Waals surface area contributed by atoms with Crippen LogP contribution in [0.4, 0.5) is 27.5 Å². The van der Waals surface area contributed by atoms with Crippen molar-refractivity contribution < 1.29 is 29.0 Å². The van der Waals surface area contributed by atoms with Crippen LogP contribution in [0.1, 0.15) is 35.3 Å². The van der Waals surface area contributed by atoms with E-state index in [-0.39, 0.29) is 42.9 Å². The van der Waals surface area contributed by atoms with Gasteiger partial charge in [0, 0.05) is 48.1 Å². The van der Waals surface area contributed by atoms with Crippen LogP contribution in [0.5, 0.6) is 11.5 Å². The second-order valence-electron chi connectivity index (χ2n) is 13.0. The van der Waals surface area contributed by atoms with Crippen molar-refractivity contribution >= 4 is 40.6 Å². The van der Waals surface area contributed by atoms with E-state index in [0.717, 1.165) is 5.56 Å². The smallest absolute Gasteiger partial charge is 0.323 e. The maximum atomic E-state index is 13.6. The van der Waals surface area contributed by atoms with E-state index in [0.29, 0.717) is 65.0 Å². The molecule has 5 rings (SSSR count). The lowest BCUT2D eigenvalue weighted by atomic mass is 10.0. The molecule has 4 aromatic rings. The topological polar surface area (TPSA) is 158 Å². The molecule has 4 aromatic carbocycles. The number of nitrogens with zero attached hydrogens (tertiary/aromatic N) is 2. The lowest BCUT2D eigenvalue weighted by molar-refractivity contribution is -0.134. The maximum Gasteiger partial charge on any atom is 0.323 e. The highest BCUT2D eigenvalue weighted by Crippen LogP contribution is 2.30. The van der Waals surface area contributed by atoms with Crippen LogP contribution in [-0.4, -0.2) is 78.8 Å². The second kappa shape index (κ2) is 16.9.